The van der Waals surface area contributed by atoms with Gasteiger partial charge in [-0.1, -0.05) is 26.0 Å². The predicted molar refractivity (Wildman–Crippen MR) is 114 cm³/mol. The third-order valence-corrected chi connectivity index (χ3v) is 6.23. The summed E-state index contributed by atoms with van der Waals surface area (Å²) in [5.41, 5.74) is 1.61. The Balaban J connectivity index is 1.94. The summed E-state index contributed by atoms with van der Waals surface area (Å²) in [5, 5.41) is 3.13. The number of hydrogen-bond donors (Lipinski definition) is 1. The second kappa shape index (κ2) is 8.39. The maximum Gasteiger partial charge on any atom is 0.341 e. The zero-order valence-corrected chi connectivity index (χ0v) is 18.4. The molecule has 0 saturated carbocycles. The maximum absolute atomic E-state index is 13.2. The van der Waals surface area contributed by atoms with E-state index < -0.39 is 29.7 Å². The Bertz CT molecular complexity index is 1010. The minimum absolute atomic E-state index is 0.213. The number of thiophene rings is 1. The molecule has 8 heteroatoms. The van der Waals surface area contributed by atoms with Crippen molar-refractivity contribution in [1.82, 2.24) is 4.90 Å². The number of anilines is 1. The molecule has 0 aliphatic carbocycles. The standard InChI is InChI=1S/C22H24N2O5S/c1-6-29-22(28)16-12(4)13(5)30-19(16)23-18(25)17(11(2)3)24-20(26)14-9-7-8-10-15(14)21(24)27/h7-11,17H,6H2,1-5H3,(H,23,25)/t17-/m1/s1. The first-order chi connectivity index (χ1) is 14.2. The van der Waals surface area contributed by atoms with Crippen molar-refractivity contribution in [3.8, 4) is 0 Å². The highest BCUT2D eigenvalue weighted by molar-refractivity contribution is 7.16. The summed E-state index contributed by atoms with van der Waals surface area (Å²) in [6.45, 7) is 9.10. The Morgan fingerprint density at radius 3 is 2.17 bits per heavy atom. The SMILES string of the molecule is CCOC(=O)c1c(NC(=O)[C@@H](C(C)C)N2C(=O)c3ccccc3C2=O)sc(C)c1C. The van der Waals surface area contributed by atoms with Crippen molar-refractivity contribution in [3.63, 3.8) is 0 Å². The molecular formula is C22H24N2O5S. The first-order valence-electron chi connectivity index (χ1n) is 9.73. The van der Waals surface area contributed by atoms with Gasteiger partial charge in [0.05, 0.1) is 23.3 Å². The molecule has 1 aromatic carbocycles. The summed E-state index contributed by atoms with van der Waals surface area (Å²) < 4.78 is 5.13. The number of imide groups is 1. The Morgan fingerprint density at radius 1 is 1.10 bits per heavy atom. The number of rotatable bonds is 6. The summed E-state index contributed by atoms with van der Waals surface area (Å²) in [6.07, 6.45) is 0. The molecule has 2 heterocycles. The molecule has 0 fully saturated rings. The molecule has 1 aliphatic rings. The molecule has 30 heavy (non-hydrogen) atoms. The lowest BCUT2D eigenvalue weighted by Crippen LogP contribution is -2.50. The Morgan fingerprint density at radius 2 is 1.67 bits per heavy atom. The topological polar surface area (TPSA) is 92.8 Å². The third kappa shape index (κ3) is 3.63. The van der Waals surface area contributed by atoms with Gasteiger partial charge in [-0.05, 0) is 44.4 Å². The van der Waals surface area contributed by atoms with Crippen molar-refractivity contribution >= 4 is 40.0 Å². The number of benzene rings is 1. The number of amides is 3. The van der Waals surface area contributed by atoms with E-state index in [1.54, 1.807) is 52.0 Å². The van der Waals surface area contributed by atoms with Crippen molar-refractivity contribution in [1.29, 1.82) is 0 Å². The quantitative estimate of drug-likeness (QED) is 0.558. The average molecular weight is 429 g/mol. The molecular weight excluding hydrogens is 404 g/mol. The van der Waals surface area contributed by atoms with Crippen molar-refractivity contribution in [2.75, 3.05) is 11.9 Å². The maximum atomic E-state index is 13.2. The summed E-state index contributed by atoms with van der Waals surface area (Å²) in [5.74, 6) is -2.36. The number of esters is 1. The summed E-state index contributed by atoms with van der Waals surface area (Å²) in [6, 6.07) is 5.50. The Hall–Kier alpha value is -3.00. The van der Waals surface area contributed by atoms with Crippen LogP contribution >= 0.6 is 11.3 Å². The van der Waals surface area contributed by atoms with E-state index in [2.05, 4.69) is 5.32 Å². The van der Waals surface area contributed by atoms with Crippen LogP contribution in [0.5, 0.6) is 0 Å². The molecule has 1 atom stereocenters. The van der Waals surface area contributed by atoms with Crippen LogP contribution in [-0.2, 0) is 9.53 Å². The van der Waals surface area contributed by atoms with E-state index in [0.717, 1.165) is 15.3 Å². The van der Waals surface area contributed by atoms with Crippen LogP contribution in [0.2, 0.25) is 0 Å². The van der Waals surface area contributed by atoms with E-state index in [1.807, 2.05) is 6.92 Å². The normalized spacial score (nSPS) is 14.1. The number of carbonyl (C=O) groups is 4. The van der Waals surface area contributed by atoms with E-state index >= 15 is 0 Å². The summed E-state index contributed by atoms with van der Waals surface area (Å²) in [7, 11) is 0. The van der Waals surface area contributed by atoms with E-state index in [9.17, 15) is 19.2 Å². The van der Waals surface area contributed by atoms with Gasteiger partial charge in [-0.15, -0.1) is 11.3 Å². The van der Waals surface area contributed by atoms with Crippen molar-refractivity contribution in [3.05, 3.63) is 51.4 Å². The van der Waals surface area contributed by atoms with Crippen molar-refractivity contribution in [2.24, 2.45) is 5.92 Å². The van der Waals surface area contributed by atoms with Crippen LogP contribution in [-0.4, -0.2) is 41.2 Å². The van der Waals surface area contributed by atoms with Gasteiger partial charge in [-0.3, -0.25) is 19.3 Å². The van der Waals surface area contributed by atoms with E-state index in [4.69, 9.17) is 4.74 Å². The van der Waals surface area contributed by atoms with Gasteiger partial charge in [0, 0.05) is 4.88 Å². The van der Waals surface area contributed by atoms with Gasteiger partial charge in [-0.25, -0.2) is 4.79 Å². The van der Waals surface area contributed by atoms with Gasteiger partial charge in [0.15, 0.2) is 0 Å². The molecule has 0 saturated heterocycles. The van der Waals surface area contributed by atoms with Crippen LogP contribution in [0.25, 0.3) is 0 Å². The van der Waals surface area contributed by atoms with Crippen LogP contribution in [0.15, 0.2) is 24.3 Å². The highest BCUT2D eigenvalue weighted by Crippen LogP contribution is 2.34. The van der Waals surface area contributed by atoms with Crippen molar-refractivity contribution in [2.45, 2.75) is 40.7 Å². The fourth-order valence-electron chi connectivity index (χ4n) is 3.53. The largest absolute Gasteiger partial charge is 0.462 e. The molecule has 3 rings (SSSR count). The monoisotopic (exact) mass is 428 g/mol. The van der Waals surface area contributed by atoms with E-state index in [0.29, 0.717) is 10.6 Å². The van der Waals surface area contributed by atoms with Crippen molar-refractivity contribution < 1.29 is 23.9 Å². The number of carbonyl (C=O) groups excluding carboxylic acids is 4. The summed E-state index contributed by atoms with van der Waals surface area (Å²) >= 11 is 1.26. The van der Waals surface area contributed by atoms with Crippen LogP contribution in [0.4, 0.5) is 5.00 Å². The average Bonchev–Trinajstić information content (AvgIpc) is 3.10. The van der Waals surface area contributed by atoms with Crippen LogP contribution in [0.1, 0.15) is 62.3 Å². The van der Waals surface area contributed by atoms with Gasteiger partial charge >= 0.3 is 5.97 Å². The third-order valence-electron chi connectivity index (χ3n) is 5.11. The lowest BCUT2D eigenvalue weighted by molar-refractivity contribution is -0.121. The molecule has 1 aromatic heterocycles. The molecule has 0 unspecified atom stereocenters. The van der Waals surface area contributed by atoms with Crippen LogP contribution in [0.3, 0.4) is 0 Å². The highest BCUT2D eigenvalue weighted by atomic mass is 32.1. The lowest BCUT2D eigenvalue weighted by Gasteiger charge is -2.28. The molecule has 0 radical (unpaired) electrons. The number of hydrogen-bond acceptors (Lipinski definition) is 6. The molecule has 7 nitrogen and oxygen atoms in total. The number of fused-ring (bicyclic) bond motifs is 1. The second-order valence-corrected chi connectivity index (χ2v) is 8.64. The van der Waals surface area contributed by atoms with Crippen LogP contribution < -0.4 is 5.32 Å². The first kappa shape index (κ1) is 21.7. The summed E-state index contributed by atoms with van der Waals surface area (Å²) in [4.78, 5) is 53.3. The molecule has 1 N–H and O–H groups in total. The minimum atomic E-state index is -1.02. The minimum Gasteiger partial charge on any atom is -0.462 e. The molecule has 0 bridgehead atoms. The number of aryl methyl sites for hydroxylation is 1. The van der Waals surface area contributed by atoms with E-state index in [1.165, 1.54) is 11.3 Å². The number of nitrogens with one attached hydrogen (secondary N) is 1. The molecule has 0 spiro atoms. The van der Waals surface area contributed by atoms with E-state index in [-0.39, 0.29) is 23.7 Å². The Labute approximate surface area is 179 Å². The smallest absolute Gasteiger partial charge is 0.341 e. The fraction of sp³-hybridized carbons (Fsp3) is 0.364. The molecule has 1 aliphatic heterocycles. The first-order valence-corrected chi connectivity index (χ1v) is 10.6. The fourth-order valence-corrected chi connectivity index (χ4v) is 4.58. The number of ether oxygens (including phenoxy) is 1. The van der Waals surface area contributed by atoms with Crippen LogP contribution in [0, 0.1) is 19.8 Å². The van der Waals surface area contributed by atoms with Gasteiger partial charge in [0.2, 0.25) is 5.91 Å². The zero-order chi connectivity index (χ0) is 22.2. The van der Waals surface area contributed by atoms with Gasteiger partial charge in [-0.2, -0.15) is 0 Å². The molecule has 3 amide bonds. The molecule has 2 aromatic rings. The van der Waals surface area contributed by atoms with Gasteiger partial charge in [0.1, 0.15) is 11.0 Å². The zero-order valence-electron chi connectivity index (χ0n) is 17.6. The van der Waals surface area contributed by atoms with Gasteiger partial charge < -0.3 is 10.1 Å². The highest BCUT2D eigenvalue weighted by Gasteiger charge is 2.44. The second-order valence-electron chi connectivity index (χ2n) is 7.41. The Kier molecular flexibility index (Phi) is 6.07. The molecule has 158 valence electrons. The van der Waals surface area contributed by atoms with Gasteiger partial charge in [0.25, 0.3) is 11.8 Å². The number of nitrogens with zero attached hydrogens (tertiary/aromatic N) is 1. The predicted octanol–water partition coefficient (Wildman–Crippen LogP) is 3.80. The lowest BCUT2D eigenvalue weighted by atomic mass is 10.0.